The second kappa shape index (κ2) is 5.86. The molecule has 1 aliphatic heterocycles. The van der Waals surface area contributed by atoms with Crippen molar-refractivity contribution in [1.82, 2.24) is 14.8 Å². The van der Waals surface area contributed by atoms with E-state index in [4.69, 9.17) is 11.6 Å². The Balaban J connectivity index is 1.96. The van der Waals surface area contributed by atoms with Gasteiger partial charge in [-0.05, 0) is 38.2 Å². The van der Waals surface area contributed by atoms with Gasteiger partial charge in [0.05, 0.1) is 11.1 Å². The summed E-state index contributed by atoms with van der Waals surface area (Å²) in [5.41, 5.74) is 1.31. The van der Waals surface area contributed by atoms with Crippen molar-refractivity contribution in [2.24, 2.45) is 5.92 Å². The summed E-state index contributed by atoms with van der Waals surface area (Å²) in [6.45, 7) is 3.70. The molecule has 0 spiro atoms. The number of amides is 1. The number of nitrogens with zero attached hydrogens (tertiary/aromatic N) is 3. The van der Waals surface area contributed by atoms with Crippen LogP contribution in [0.1, 0.15) is 17.3 Å². The van der Waals surface area contributed by atoms with Crippen LogP contribution in [0.4, 0.5) is 0 Å². The highest BCUT2D eigenvalue weighted by Gasteiger charge is 2.34. The summed E-state index contributed by atoms with van der Waals surface area (Å²) in [6.07, 6.45) is 1.71. The van der Waals surface area contributed by atoms with Crippen LogP contribution in [-0.2, 0) is 0 Å². The Morgan fingerprint density at radius 1 is 1.36 bits per heavy atom. The van der Waals surface area contributed by atoms with Gasteiger partial charge in [-0.2, -0.15) is 0 Å². The van der Waals surface area contributed by atoms with Gasteiger partial charge in [0.1, 0.15) is 0 Å². The Morgan fingerprint density at radius 2 is 2.14 bits per heavy atom. The fraction of sp³-hybridized carbons (Fsp3) is 0.412. The van der Waals surface area contributed by atoms with Crippen LogP contribution in [-0.4, -0.2) is 53.9 Å². The topological polar surface area (TPSA) is 36.4 Å². The molecular weight excluding hydrogens is 298 g/mol. The van der Waals surface area contributed by atoms with Gasteiger partial charge in [-0.3, -0.25) is 9.78 Å². The highest BCUT2D eigenvalue weighted by Crippen LogP contribution is 2.27. The number of pyridine rings is 1. The molecule has 1 saturated heterocycles. The van der Waals surface area contributed by atoms with E-state index in [2.05, 4.69) is 30.9 Å². The second-order valence-electron chi connectivity index (χ2n) is 6.25. The molecule has 0 saturated carbocycles. The van der Waals surface area contributed by atoms with Crippen molar-refractivity contribution < 1.29 is 4.79 Å². The van der Waals surface area contributed by atoms with E-state index in [1.807, 2.05) is 23.1 Å². The zero-order chi connectivity index (χ0) is 15.9. The third kappa shape index (κ3) is 2.69. The number of aromatic nitrogens is 1. The average molecular weight is 318 g/mol. The van der Waals surface area contributed by atoms with E-state index in [1.54, 1.807) is 12.3 Å². The molecule has 0 N–H and O–H groups in total. The number of benzene rings is 1. The average Bonchev–Trinajstić information content (AvgIpc) is 2.87. The minimum Gasteiger partial charge on any atom is -0.337 e. The number of carbonyl (C=O) groups excluding carboxylic acids is 1. The summed E-state index contributed by atoms with van der Waals surface area (Å²) in [6, 6.07) is 7.75. The van der Waals surface area contributed by atoms with Crippen LogP contribution in [0.15, 0.2) is 30.5 Å². The molecule has 0 bridgehead atoms. The Morgan fingerprint density at radius 3 is 2.82 bits per heavy atom. The third-order valence-corrected chi connectivity index (χ3v) is 4.64. The predicted molar refractivity (Wildman–Crippen MR) is 89.3 cm³/mol. The summed E-state index contributed by atoms with van der Waals surface area (Å²) < 4.78 is 0. The Bertz CT molecular complexity index is 716. The van der Waals surface area contributed by atoms with Crippen LogP contribution >= 0.6 is 11.6 Å². The second-order valence-corrected chi connectivity index (χ2v) is 6.68. The Labute approximate surface area is 135 Å². The van der Waals surface area contributed by atoms with Crippen LogP contribution in [0.2, 0.25) is 5.02 Å². The first-order chi connectivity index (χ1) is 10.5. The molecule has 5 heteroatoms. The maximum atomic E-state index is 12.9. The first kappa shape index (κ1) is 15.3. The molecule has 1 aliphatic rings. The van der Waals surface area contributed by atoms with E-state index in [1.165, 1.54) is 0 Å². The number of hydrogen-bond acceptors (Lipinski definition) is 3. The number of hydrogen-bond donors (Lipinski definition) is 0. The number of rotatable bonds is 2. The number of fused-ring (bicyclic) bond motifs is 1. The van der Waals surface area contributed by atoms with E-state index in [-0.39, 0.29) is 5.91 Å². The van der Waals surface area contributed by atoms with E-state index < -0.39 is 0 Å². The molecular formula is C17H20ClN3O. The Kier molecular flexibility index (Phi) is 4.06. The monoisotopic (exact) mass is 317 g/mol. The highest BCUT2D eigenvalue weighted by atomic mass is 35.5. The van der Waals surface area contributed by atoms with Crippen LogP contribution in [0.3, 0.4) is 0 Å². The van der Waals surface area contributed by atoms with Crippen molar-refractivity contribution in [2.75, 3.05) is 27.2 Å². The fourth-order valence-corrected chi connectivity index (χ4v) is 3.50. The number of likely N-dealkylation sites (N-methyl/N-ethyl adjacent to an activating group) is 1. The molecule has 3 rings (SSSR count). The minimum absolute atomic E-state index is 0.0161. The zero-order valence-corrected chi connectivity index (χ0v) is 13.8. The number of halogens is 1. The smallest absolute Gasteiger partial charge is 0.256 e. The van der Waals surface area contributed by atoms with Gasteiger partial charge in [0.2, 0.25) is 0 Å². The van der Waals surface area contributed by atoms with Gasteiger partial charge in [0, 0.05) is 35.7 Å². The molecule has 1 aromatic carbocycles. The van der Waals surface area contributed by atoms with Gasteiger partial charge >= 0.3 is 0 Å². The summed E-state index contributed by atoms with van der Waals surface area (Å²) in [4.78, 5) is 21.4. The van der Waals surface area contributed by atoms with Crippen molar-refractivity contribution >= 4 is 28.4 Å². The van der Waals surface area contributed by atoms with Crippen LogP contribution < -0.4 is 0 Å². The molecule has 116 valence electrons. The van der Waals surface area contributed by atoms with Crippen LogP contribution in [0.5, 0.6) is 0 Å². The van der Waals surface area contributed by atoms with Crippen molar-refractivity contribution in [1.29, 1.82) is 0 Å². The molecule has 0 radical (unpaired) electrons. The Hall–Kier alpha value is -1.65. The van der Waals surface area contributed by atoms with E-state index in [0.717, 1.165) is 24.0 Å². The summed E-state index contributed by atoms with van der Waals surface area (Å²) >= 11 is 6.18. The molecule has 22 heavy (non-hydrogen) atoms. The number of likely N-dealkylation sites (tertiary alicyclic amines) is 1. The molecule has 0 unspecified atom stereocenters. The van der Waals surface area contributed by atoms with Crippen molar-refractivity contribution in [3.8, 4) is 0 Å². The highest BCUT2D eigenvalue weighted by molar-refractivity contribution is 6.32. The quantitative estimate of drug-likeness (QED) is 0.854. The van der Waals surface area contributed by atoms with E-state index >= 15 is 0 Å². The summed E-state index contributed by atoms with van der Waals surface area (Å²) in [5, 5.41) is 1.47. The lowest BCUT2D eigenvalue weighted by Gasteiger charge is -2.22. The molecule has 4 nitrogen and oxygen atoms in total. The molecule has 2 atom stereocenters. The van der Waals surface area contributed by atoms with Gasteiger partial charge in [0.15, 0.2) is 0 Å². The minimum atomic E-state index is 0.0161. The van der Waals surface area contributed by atoms with Gasteiger partial charge in [0.25, 0.3) is 5.91 Å². The van der Waals surface area contributed by atoms with Gasteiger partial charge < -0.3 is 9.80 Å². The molecule has 1 fully saturated rings. The summed E-state index contributed by atoms with van der Waals surface area (Å²) in [7, 11) is 4.12. The van der Waals surface area contributed by atoms with E-state index in [0.29, 0.717) is 22.5 Å². The first-order valence-corrected chi connectivity index (χ1v) is 7.85. The van der Waals surface area contributed by atoms with Gasteiger partial charge in [-0.1, -0.05) is 24.6 Å². The van der Waals surface area contributed by atoms with Gasteiger partial charge in [-0.15, -0.1) is 0 Å². The standard InChI is InChI=1S/C17H20ClN3O/c1-11-9-21(10-15(11)20(2)3)17(22)14-8-13(18)7-12-5-4-6-19-16(12)14/h4-8,11,15H,9-10H2,1-3H3/t11-,15-/m0/s1. The van der Waals surface area contributed by atoms with Crippen molar-refractivity contribution in [3.63, 3.8) is 0 Å². The third-order valence-electron chi connectivity index (χ3n) is 4.42. The maximum absolute atomic E-state index is 12.9. The summed E-state index contributed by atoms with van der Waals surface area (Å²) in [5.74, 6) is 0.472. The molecule has 2 heterocycles. The van der Waals surface area contributed by atoms with Crippen molar-refractivity contribution in [2.45, 2.75) is 13.0 Å². The SMILES string of the molecule is C[C@H]1CN(C(=O)c2cc(Cl)cc3cccnc23)C[C@@H]1N(C)C. The lowest BCUT2D eigenvalue weighted by molar-refractivity contribution is 0.0783. The van der Waals surface area contributed by atoms with E-state index in [9.17, 15) is 4.79 Å². The largest absolute Gasteiger partial charge is 0.337 e. The normalized spacial score (nSPS) is 21.8. The molecule has 0 aliphatic carbocycles. The molecule has 1 aromatic heterocycles. The van der Waals surface area contributed by atoms with Crippen LogP contribution in [0, 0.1) is 5.92 Å². The fourth-order valence-electron chi connectivity index (χ4n) is 3.28. The van der Waals surface area contributed by atoms with Crippen molar-refractivity contribution in [3.05, 3.63) is 41.0 Å². The predicted octanol–water partition coefficient (Wildman–Crippen LogP) is 2.91. The number of carbonyl (C=O) groups is 1. The lowest BCUT2D eigenvalue weighted by Crippen LogP contribution is -2.35. The first-order valence-electron chi connectivity index (χ1n) is 7.47. The lowest BCUT2D eigenvalue weighted by atomic mass is 10.1. The van der Waals surface area contributed by atoms with Gasteiger partial charge in [-0.25, -0.2) is 0 Å². The molecule has 2 aromatic rings. The maximum Gasteiger partial charge on any atom is 0.256 e. The van der Waals surface area contributed by atoms with Crippen LogP contribution in [0.25, 0.3) is 10.9 Å². The zero-order valence-electron chi connectivity index (χ0n) is 13.1. The molecule has 1 amide bonds.